The van der Waals surface area contributed by atoms with Gasteiger partial charge >= 0.3 is 33.4 Å². The molecule has 7 nitrogen and oxygen atoms in total. The van der Waals surface area contributed by atoms with E-state index in [1.165, 1.54) is 13.8 Å². The van der Waals surface area contributed by atoms with Crippen LogP contribution in [0, 0.1) is 22.7 Å². The van der Waals surface area contributed by atoms with Crippen molar-refractivity contribution in [2.75, 3.05) is 0 Å². The zero-order valence-electron chi connectivity index (χ0n) is 10.4. The SMILES string of the molecule is CC#N.CC#N.O=S(=O)([N-]S(=O)(=O)C(F)(F)F)C(F)(F)F.[Ag+]. The summed E-state index contributed by atoms with van der Waals surface area (Å²) < 4.78 is 109. The van der Waals surface area contributed by atoms with E-state index in [1.807, 2.05) is 0 Å². The van der Waals surface area contributed by atoms with Crippen molar-refractivity contribution < 1.29 is 65.6 Å². The van der Waals surface area contributed by atoms with Gasteiger partial charge in [0.2, 0.25) is 0 Å². The Bertz CT molecular complexity index is 544. The van der Waals surface area contributed by atoms with Gasteiger partial charge in [0.25, 0.3) is 0 Å². The zero-order valence-corrected chi connectivity index (χ0v) is 13.5. The monoisotopic (exact) mass is 469 g/mol. The van der Waals surface area contributed by atoms with Gasteiger partial charge in [-0.05, 0) is 0 Å². The molecule has 0 unspecified atom stereocenters. The summed E-state index contributed by atoms with van der Waals surface area (Å²) in [7, 11) is -13.4. The van der Waals surface area contributed by atoms with Crippen LogP contribution in [0.1, 0.15) is 13.8 Å². The molecule has 0 radical (unpaired) electrons. The molecule has 16 heteroatoms. The number of nitriles is 2. The Morgan fingerprint density at radius 2 is 0.909 bits per heavy atom. The molecular weight excluding hydrogens is 464 g/mol. The predicted octanol–water partition coefficient (Wildman–Crippen LogP) is 2.12. The molecule has 0 rings (SSSR count). The Labute approximate surface area is 137 Å². The average Bonchev–Trinajstić information content (AvgIpc) is 2.14. The zero-order chi connectivity index (χ0) is 18.1. The summed E-state index contributed by atoms with van der Waals surface area (Å²) in [5.74, 6) is 0. The van der Waals surface area contributed by atoms with E-state index in [9.17, 15) is 43.2 Å². The second-order valence-corrected chi connectivity index (χ2v) is 5.79. The first kappa shape index (κ1) is 29.2. The Balaban J connectivity index is -0.000000199. The van der Waals surface area contributed by atoms with Gasteiger partial charge in [-0.15, -0.1) is 0 Å². The second-order valence-electron chi connectivity index (χ2n) is 2.36. The van der Waals surface area contributed by atoms with Crippen LogP contribution in [0.3, 0.4) is 0 Å². The average molecular weight is 470 g/mol. The first-order valence-electron chi connectivity index (χ1n) is 4.02. The van der Waals surface area contributed by atoms with E-state index in [0.29, 0.717) is 0 Å². The Kier molecular flexibility index (Phi) is 14.4. The minimum Gasteiger partial charge on any atom is -0.421 e. The second kappa shape index (κ2) is 10.8. The largest absolute Gasteiger partial charge is 1.00 e. The normalized spacial score (nSPS) is 11.2. The number of halogens is 6. The molecule has 0 bridgehead atoms. The molecule has 0 spiro atoms. The van der Waals surface area contributed by atoms with Crippen molar-refractivity contribution in [3.05, 3.63) is 4.13 Å². The van der Waals surface area contributed by atoms with E-state index in [0.717, 1.165) is 4.13 Å². The molecule has 0 saturated heterocycles. The molecule has 0 aromatic heterocycles. The van der Waals surface area contributed by atoms with Crippen LogP contribution >= 0.6 is 0 Å². The van der Waals surface area contributed by atoms with Crippen LogP contribution in [0.25, 0.3) is 4.13 Å². The topological polar surface area (TPSA) is 130 Å². The maximum Gasteiger partial charge on any atom is 1.00 e. The van der Waals surface area contributed by atoms with Crippen LogP contribution in [0.5, 0.6) is 0 Å². The number of hydrogen-bond acceptors (Lipinski definition) is 6. The van der Waals surface area contributed by atoms with E-state index in [-0.39, 0.29) is 22.4 Å². The molecule has 0 saturated carbocycles. The summed E-state index contributed by atoms with van der Waals surface area (Å²) in [5.41, 5.74) is -12.4. The summed E-state index contributed by atoms with van der Waals surface area (Å²) >= 11 is 0. The van der Waals surface area contributed by atoms with Crippen LogP contribution in [-0.4, -0.2) is 27.9 Å². The molecule has 0 aliphatic carbocycles. The van der Waals surface area contributed by atoms with Crippen LogP contribution in [0.4, 0.5) is 26.3 Å². The third-order valence-corrected chi connectivity index (χ3v) is 3.52. The van der Waals surface area contributed by atoms with Gasteiger partial charge in [0.05, 0.1) is 12.1 Å². The molecule has 22 heavy (non-hydrogen) atoms. The molecule has 0 fully saturated rings. The molecule has 0 aromatic rings. The first-order chi connectivity index (χ1) is 9.04. The summed E-state index contributed by atoms with van der Waals surface area (Å²) in [4.78, 5) is 0. The summed E-state index contributed by atoms with van der Waals surface area (Å²) in [6, 6.07) is 3.50. The molecule has 0 aromatic carbocycles. The smallest absolute Gasteiger partial charge is 0.421 e. The van der Waals surface area contributed by atoms with Gasteiger partial charge in [-0.25, -0.2) is 16.8 Å². The van der Waals surface area contributed by atoms with Gasteiger partial charge in [-0.1, -0.05) is 0 Å². The standard InChI is InChI=1S/C2F6NO4S2.2C2H3N.Ag/c3-1(4,5)14(10,11)9-15(12,13)2(6,7)8;2*1-2-3;/h;2*1H3;/q-1;;;+1. The maximum absolute atomic E-state index is 11.4. The fourth-order valence-electron chi connectivity index (χ4n) is 0.214. The number of hydrogen-bond donors (Lipinski definition) is 0. The number of rotatable bonds is 2. The molecule has 0 N–H and O–H groups in total. The van der Waals surface area contributed by atoms with Gasteiger partial charge in [-0.3, -0.25) is 0 Å². The minimum atomic E-state index is -6.72. The van der Waals surface area contributed by atoms with Crippen molar-refractivity contribution in [2.45, 2.75) is 24.9 Å². The number of alkyl halides is 6. The third kappa shape index (κ3) is 11.8. The Morgan fingerprint density at radius 3 is 1.00 bits per heavy atom. The molecule has 0 amide bonds. The summed E-state index contributed by atoms with van der Waals surface area (Å²) in [5, 5.41) is 14.6. The van der Waals surface area contributed by atoms with Gasteiger partial charge in [0.1, 0.15) is 0 Å². The maximum atomic E-state index is 11.4. The van der Waals surface area contributed by atoms with Crippen molar-refractivity contribution in [3.63, 3.8) is 0 Å². The van der Waals surface area contributed by atoms with Crippen LogP contribution in [0.2, 0.25) is 0 Å². The number of sulfonamides is 2. The molecule has 0 atom stereocenters. The van der Waals surface area contributed by atoms with E-state index in [1.54, 1.807) is 12.1 Å². The van der Waals surface area contributed by atoms with Crippen molar-refractivity contribution in [1.29, 1.82) is 10.5 Å². The van der Waals surface area contributed by atoms with Crippen molar-refractivity contribution in [1.82, 2.24) is 0 Å². The number of nitrogens with zero attached hydrogens (tertiary/aromatic N) is 3. The fourth-order valence-corrected chi connectivity index (χ4v) is 1.92. The molecule has 134 valence electrons. The molecule has 0 heterocycles. The van der Waals surface area contributed by atoms with Crippen molar-refractivity contribution >= 4 is 20.0 Å². The van der Waals surface area contributed by atoms with Crippen molar-refractivity contribution in [2.24, 2.45) is 0 Å². The van der Waals surface area contributed by atoms with Crippen LogP contribution in [0.15, 0.2) is 0 Å². The van der Waals surface area contributed by atoms with Gasteiger partial charge in [0.15, 0.2) is 20.0 Å². The van der Waals surface area contributed by atoms with E-state index in [4.69, 9.17) is 10.5 Å². The Morgan fingerprint density at radius 1 is 0.773 bits per heavy atom. The third-order valence-electron chi connectivity index (χ3n) is 0.781. The van der Waals surface area contributed by atoms with Crippen molar-refractivity contribution in [3.8, 4) is 12.1 Å². The molecule has 0 aliphatic heterocycles. The molecule has 0 aliphatic rings. The van der Waals surface area contributed by atoms with Crippen LogP contribution < -0.4 is 0 Å². The quantitative estimate of drug-likeness (QED) is 0.449. The Hall–Kier alpha value is -0.840. The first-order valence-corrected chi connectivity index (χ1v) is 6.90. The van der Waals surface area contributed by atoms with E-state index < -0.39 is 31.1 Å². The predicted molar refractivity (Wildman–Crippen MR) is 55.9 cm³/mol. The fraction of sp³-hybridized carbons (Fsp3) is 0.667. The van der Waals surface area contributed by atoms with Gasteiger partial charge in [-0.2, -0.15) is 36.9 Å². The minimum absolute atomic E-state index is 0. The van der Waals surface area contributed by atoms with Crippen LogP contribution in [-0.2, 0) is 42.4 Å². The van der Waals surface area contributed by atoms with Gasteiger partial charge < -0.3 is 4.13 Å². The van der Waals surface area contributed by atoms with E-state index >= 15 is 0 Å². The van der Waals surface area contributed by atoms with E-state index in [2.05, 4.69) is 0 Å². The summed E-state index contributed by atoms with van der Waals surface area (Å²) in [6.07, 6.45) is 0. The molecular formula is C6H6AgF6N3O4S2. The summed E-state index contributed by atoms with van der Waals surface area (Å²) in [6.45, 7) is 2.86. The van der Waals surface area contributed by atoms with Gasteiger partial charge in [0, 0.05) is 13.8 Å².